The lowest BCUT2D eigenvalue weighted by atomic mass is 9.92. The zero-order chi connectivity index (χ0) is 16.1. The summed E-state index contributed by atoms with van der Waals surface area (Å²) in [6.45, 7) is 4.94. The van der Waals surface area contributed by atoms with Crippen LogP contribution in [-0.2, 0) is 19.9 Å². The Morgan fingerprint density at radius 1 is 1.33 bits per heavy atom. The minimum Gasteiger partial charge on any atom is -0.460 e. The number of esters is 1. The van der Waals surface area contributed by atoms with E-state index < -0.39 is 23.9 Å². The Morgan fingerprint density at radius 3 is 2.33 bits per heavy atom. The number of ether oxygens (including phenoxy) is 2. The molecular formula is C15H17F3O3. The molecule has 0 heterocycles. The van der Waals surface area contributed by atoms with Crippen LogP contribution in [-0.4, -0.2) is 25.4 Å². The first kappa shape index (κ1) is 17.2. The van der Waals surface area contributed by atoms with E-state index in [1.165, 1.54) is 37.3 Å². The average molecular weight is 302 g/mol. The molecule has 0 bridgehead atoms. The fraction of sp³-hybridized carbons (Fsp3) is 0.400. The van der Waals surface area contributed by atoms with E-state index in [0.29, 0.717) is 0 Å². The van der Waals surface area contributed by atoms with Crippen LogP contribution in [0.4, 0.5) is 13.2 Å². The lowest BCUT2D eigenvalue weighted by molar-refractivity contribution is -0.277. The van der Waals surface area contributed by atoms with E-state index >= 15 is 0 Å². The maximum absolute atomic E-state index is 13.5. The maximum atomic E-state index is 13.5. The molecule has 0 aliphatic carbocycles. The number of methoxy groups -OCH3 is 1. The second-order valence-electron chi connectivity index (χ2n) is 4.49. The van der Waals surface area contributed by atoms with E-state index in [1.807, 2.05) is 0 Å². The van der Waals surface area contributed by atoms with Crippen LogP contribution in [0.25, 0.3) is 0 Å². The first-order chi connectivity index (χ1) is 9.79. The van der Waals surface area contributed by atoms with E-state index in [1.54, 1.807) is 6.07 Å². The molecule has 0 radical (unpaired) electrons. The highest BCUT2D eigenvalue weighted by Crippen LogP contribution is 2.43. The molecule has 0 aromatic heterocycles. The lowest BCUT2D eigenvalue weighted by Gasteiger charge is -2.33. The fourth-order valence-corrected chi connectivity index (χ4v) is 1.94. The topological polar surface area (TPSA) is 35.5 Å². The highest BCUT2D eigenvalue weighted by atomic mass is 19.4. The molecule has 21 heavy (non-hydrogen) atoms. The van der Waals surface area contributed by atoms with Crippen molar-refractivity contribution in [3.05, 3.63) is 48.6 Å². The number of halogens is 3. The van der Waals surface area contributed by atoms with Gasteiger partial charge in [-0.25, -0.2) is 4.79 Å². The normalized spacial score (nSPS) is 15.9. The van der Waals surface area contributed by atoms with Gasteiger partial charge in [0.1, 0.15) is 6.10 Å². The number of carbonyl (C=O) groups excluding carboxylic acids is 1. The zero-order valence-corrected chi connectivity index (χ0v) is 11.8. The third-order valence-corrected chi connectivity index (χ3v) is 2.98. The molecule has 1 aromatic carbocycles. The summed E-state index contributed by atoms with van der Waals surface area (Å²) in [7, 11) is 0.833. The highest BCUT2D eigenvalue weighted by Gasteiger charge is 2.64. The Bertz CT molecular complexity index is 485. The third-order valence-electron chi connectivity index (χ3n) is 2.98. The van der Waals surface area contributed by atoms with Gasteiger partial charge in [-0.3, -0.25) is 0 Å². The maximum Gasteiger partial charge on any atom is 0.432 e. The van der Waals surface area contributed by atoms with Crippen molar-refractivity contribution >= 4 is 5.97 Å². The van der Waals surface area contributed by atoms with Gasteiger partial charge in [-0.2, -0.15) is 13.2 Å². The van der Waals surface area contributed by atoms with Crippen molar-refractivity contribution in [1.29, 1.82) is 0 Å². The van der Waals surface area contributed by atoms with Crippen LogP contribution in [0, 0.1) is 0 Å². The molecule has 1 aromatic rings. The van der Waals surface area contributed by atoms with Crippen molar-refractivity contribution in [3.8, 4) is 0 Å². The van der Waals surface area contributed by atoms with Crippen LogP contribution in [0.2, 0.25) is 0 Å². The number of carbonyl (C=O) groups is 1. The largest absolute Gasteiger partial charge is 0.460 e. The molecule has 1 unspecified atom stereocenters. The van der Waals surface area contributed by atoms with Crippen molar-refractivity contribution in [1.82, 2.24) is 0 Å². The number of alkyl halides is 3. The number of rotatable bonds is 6. The number of hydrogen-bond donors (Lipinski definition) is 0. The van der Waals surface area contributed by atoms with E-state index in [0.717, 1.165) is 7.11 Å². The molecule has 6 heteroatoms. The quantitative estimate of drug-likeness (QED) is 0.595. The molecule has 0 aliphatic rings. The Kier molecular flexibility index (Phi) is 5.54. The monoisotopic (exact) mass is 302 g/mol. The first-order valence-corrected chi connectivity index (χ1v) is 6.29. The molecule has 0 aliphatic heterocycles. The lowest BCUT2D eigenvalue weighted by Crippen LogP contribution is -2.52. The van der Waals surface area contributed by atoms with E-state index in [4.69, 9.17) is 4.74 Å². The molecule has 1 rings (SSSR count). The minimum absolute atomic E-state index is 0.248. The molecular weight excluding hydrogens is 285 g/mol. The van der Waals surface area contributed by atoms with Gasteiger partial charge < -0.3 is 9.47 Å². The summed E-state index contributed by atoms with van der Waals surface area (Å²) in [5.74, 6) is -1.49. The average Bonchev–Trinajstić information content (AvgIpc) is 2.39. The van der Waals surface area contributed by atoms with Gasteiger partial charge in [0.15, 0.2) is 0 Å². The first-order valence-electron chi connectivity index (χ1n) is 6.29. The van der Waals surface area contributed by atoms with Gasteiger partial charge in [0.05, 0.1) is 0 Å². The van der Waals surface area contributed by atoms with Gasteiger partial charge in [0, 0.05) is 19.1 Å². The molecule has 2 atom stereocenters. The van der Waals surface area contributed by atoms with Crippen molar-refractivity contribution in [2.75, 3.05) is 7.11 Å². The van der Waals surface area contributed by atoms with Crippen LogP contribution in [0.5, 0.6) is 0 Å². The van der Waals surface area contributed by atoms with Crippen LogP contribution < -0.4 is 0 Å². The summed E-state index contributed by atoms with van der Waals surface area (Å²) in [6.07, 6.45) is -3.97. The summed E-state index contributed by atoms with van der Waals surface area (Å²) < 4.78 is 50.0. The van der Waals surface area contributed by atoms with Crippen molar-refractivity contribution in [3.63, 3.8) is 0 Å². The molecule has 116 valence electrons. The summed E-state index contributed by atoms with van der Waals surface area (Å²) in [5.41, 5.74) is -3.46. The Hall–Kier alpha value is -1.82. The van der Waals surface area contributed by atoms with E-state index in [-0.39, 0.29) is 12.0 Å². The summed E-state index contributed by atoms with van der Waals surface area (Å²) in [5, 5.41) is 0. The van der Waals surface area contributed by atoms with Crippen LogP contribution in [0.1, 0.15) is 18.9 Å². The van der Waals surface area contributed by atoms with Crippen molar-refractivity contribution in [2.24, 2.45) is 0 Å². The summed E-state index contributed by atoms with van der Waals surface area (Å²) >= 11 is 0. The van der Waals surface area contributed by atoms with Crippen LogP contribution in [0.15, 0.2) is 43.0 Å². The highest BCUT2D eigenvalue weighted by molar-refractivity contribution is 5.82. The van der Waals surface area contributed by atoms with Gasteiger partial charge in [-0.1, -0.05) is 36.4 Å². The molecule has 0 spiro atoms. The molecule has 0 fully saturated rings. The molecule has 0 N–H and O–H groups in total. The predicted molar refractivity (Wildman–Crippen MR) is 71.6 cm³/mol. The van der Waals surface area contributed by atoms with Gasteiger partial charge in [-0.05, 0) is 6.92 Å². The second-order valence-corrected chi connectivity index (χ2v) is 4.49. The zero-order valence-electron chi connectivity index (χ0n) is 11.8. The Labute approximate surface area is 121 Å². The van der Waals surface area contributed by atoms with Crippen molar-refractivity contribution < 1.29 is 27.4 Å². The third kappa shape index (κ3) is 3.44. The predicted octanol–water partition coefficient (Wildman–Crippen LogP) is 3.60. The van der Waals surface area contributed by atoms with Crippen molar-refractivity contribution in [2.45, 2.75) is 31.2 Å². The van der Waals surface area contributed by atoms with Gasteiger partial charge in [0.25, 0.3) is 5.60 Å². The number of benzene rings is 1. The van der Waals surface area contributed by atoms with Gasteiger partial charge >= 0.3 is 12.1 Å². The SMILES string of the molecule is C=CCC(C)OC(=O)[C@](OC)(c1ccccc1)C(F)(F)F. The van der Waals surface area contributed by atoms with E-state index in [2.05, 4.69) is 11.3 Å². The summed E-state index contributed by atoms with van der Waals surface area (Å²) in [6, 6.07) is 6.70. The van der Waals surface area contributed by atoms with Gasteiger partial charge in [-0.15, -0.1) is 6.58 Å². The number of hydrogen-bond acceptors (Lipinski definition) is 3. The molecule has 0 saturated heterocycles. The van der Waals surface area contributed by atoms with Gasteiger partial charge in [0.2, 0.25) is 0 Å². The fourth-order valence-electron chi connectivity index (χ4n) is 1.94. The molecule has 0 amide bonds. The smallest absolute Gasteiger partial charge is 0.432 e. The van der Waals surface area contributed by atoms with Crippen LogP contribution in [0.3, 0.4) is 0 Å². The minimum atomic E-state index is -4.95. The second kappa shape index (κ2) is 6.76. The molecule has 3 nitrogen and oxygen atoms in total. The van der Waals surface area contributed by atoms with E-state index in [9.17, 15) is 18.0 Å². The molecule has 0 saturated carbocycles. The standard InChI is InChI=1S/C15H17F3O3/c1-4-8-11(2)21-13(19)14(20-3,15(16,17)18)12-9-6-5-7-10-12/h4-7,9-11H,1,8H2,2-3H3/t11?,14-/m1/s1. The van der Waals surface area contributed by atoms with Crippen LogP contribution >= 0.6 is 0 Å². The Balaban J connectivity index is 3.26. The summed E-state index contributed by atoms with van der Waals surface area (Å²) in [4.78, 5) is 12.1. The Morgan fingerprint density at radius 2 is 1.90 bits per heavy atom.